The summed E-state index contributed by atoms with van der Waals surface area (Å²) in [5, 5.41) is 7.73. The molecule has 0 amide bonds. The second kappa shape index (κ2) is 7.97. The van der Waals surface area contributed by atoms with Crippen LogP contribution in [-0.4, -0.2) is 6.61 Å². The van der Waals surface area contributed by atoms with Crippen molar-refractivity contribution >= 4 is 11.3 Å². The van der Waals surface area contributed by atoms with E-state index in [4.69, 9.17) is 4.74 Å². The summed E-state index contributed by atoms with van der Waals surface area (Å²) in [5.74, 6) is 0.968. The first-order valence-corrected chi connectivity index (χ1v) is 7.76. The molecular weight excluding hydrogens is 254 g/mol. The van der Waals surface area contributed by atoms with Gasteiger partial charge in [0.25, 0.3) is 0 Å². The quantitative estimate of drug-likeness (QED) is 0.728. The van der Waals surface area contributed by atoms with Crippen molar-refractivity contribution in [2.45, 2.75) is 32.9 Å². The van der Waals surface area contributed by atoms with Crippen molar-refractivity contribution in [1.82, 2.24) is 5.32 Å². The van der Waals surface area contributed by atoms with Gasteiger partial charge in [-0.1, -0.05) is 25.5 Å². The molecule has 0 unspecified atom stereocenters. The lowest BCUT2D eigenvalue weighted by molar-refractivity contribution is 0.309. The Labute approximate surface area is 119 Å². The number of nitrogens with one attached hydrogen (secondary N) is 1. The van der Waals surface area contributed by atoms with Crippen LogP contribution in [0.15, 0.2) is 41.1 Å². The molecule has 0 bridgehead atoms. The summed E-state index contributed by atoms with van der Waals surface area (Å²) in [6.07, 6.45) is 2.29. The van der Waals surface area contributed by atoms with Crippen LogP contribution in [0.2, 0.25) is 0 Å². The fourth-order valence-electron chi connectivity index (χ4n) is 1.78. The van der Waals surface area contributed by atoms with Crippen LogP contribution in [0.3, 0.4) is 0 Å². The summed E-state index contributed by atoms with van der Waals surface area (Å²) in [6, 6.07) is 10.5. The molecule has 0 aliphatic rings. The zero-order valence-corrected chi connectivity index (χ0v) is 12.2. The third-order valence-corrected chi connectivity index (χ3v) is 3.66. The first-order chi connectivity index (χ1) is 9.38. The molecule has 0 atom stereocenters. The number of hydrogen-bond donors (Lipinski definition) is 1. The highest BCUT2D eigenvalue weighted by molar-refractivity contribution is 7.07. The van der Waals surface area contributed by atoms with Crippen molar-refractivity contribution in [1.29, 1.82) is 0 Å². The Hall–Kier alpha value is -1.32. The Morgan fingerprint density at radius 2 is 1.84 bits per heavy atom. The molecule has 2 rings (SSSR count). The summed E-state index contributed by atoms with van der Waals surface area (Å²) >= 11 is 1.74. The van der Waals surface area contributed by atoms with E-state index in [0.29, 0.717) is 0 Å². The fraction of sp³-hybridized carbons (Fsp3) is 0.375. The molecule has 0 saturated heterocycles. The number of ether oxygens (including phenoxy) is 1. The zero-order chi connectivity index (χ0) is 13.3. The minimum Gasteiger partial charge on any atom is -0.494 e. The second-order valence-corrected chi connectivity index (χ2v) is 5.36. The van der Waals surface area contributed by atoms with E-state index in [1.54, 1.807) is 11.3 Å². The van der Waals surface area contributed by atoms with Crippen molar-refractivity contribution < 1.29 is 4.74 Å². The van der Waals surface area contributed by atoms with Gasteiger partial charge >= 0.3 is 0 Å². The molecule has 1 aromatic carbocycles. The van der Waals surface area contributed by atoms with Crippen LogP contribution in [0, 0.1) is 0 Å². The Bertz CT molecular complexity index is 450. The van der Waals surface area contributed by atoms with E-state index in [9.17, 15) is 0 Å². The first-order valence-electron chi connectivity index (χ1n) is 6.82. The van der Waals surface area contributed by atoms with Crippen LogP contribution in [0.5, 0.6) is 5.75 Å². The molecule has 0 aliphatic carbocycles. The third kappa shape index (κ3) is 5.05. The van der Waals surface area contributed by atoms with E-state index in [2.05, 4.69) is 53.3 Å². The van der Waals surface area contributed by atoms with Crippen LogP contribution >= 0.6 is 11.3 Å². The SMILES string of the molecule is CCCCOc1ccc(CNCc2ccsc2)cc1. The molecule has 0 spiro atoms. The minimum absolute atomic E-state index is 0.812. The second-order valence-electron chi connectivity index (χ2n) is 4.58. The van der Waals surface area contributed by atoms with Gasteiger partial charge in [-0.25, -0.2) is 0 Å². The maximum Gasteiger partial charge on any atom is 0.119 e. The molecule has 102 valence electrons. The summed E-state index contributed by atoms with van der Waals surface area (Å²) in [4.78, 5) is 0. The average Bonchev–Trinajstić information content (AvgIpc) is 2.94. The fourth-order valence-corrected chi connectivity index (χ4v) is 2.45. The Kier molecular flexibility index (Phi) is 5.92. The van der Waals surface area contributed by atoms with Gasteiger partial charge in [0.1, 0.15) is 5.75 Å². The van der Waals surface area contributed by atoms with E-state index in [-0.39, 0.29) is 0 Å². The van der Waals surface area contributed by atoms with E-state index in [0.717, 1.165) is 31.9 Å². The third-order valence-electron chi connectivity index (χ3n) is 2.93. The van der Waals surface area contributed by atoms with E-state index in [1.165, 1.54) is 17.5 Å². The van der Waals surface area contributed by atoms with Gasteiger partial charge < -0.3 is 10.1 Å². The number of unbranched alkanes of at least 4 members (excludes halogenated alkanes) is 1. The zero-order valence-electron chi connectivity index (χ0n) is 11.4. The molecule has 0 saturated carbocycles. The number of benzene rings is 1. The van der Waals surface area contributed by atoms with E-state index < -0.39 is 0 Å². The predicted molar refractivity (Wildman–Crippen MR) is 81.7 cm³/mol. The van der Waals surface area contributed by atoms with E-state index >= 15 is 0 Å². The molecule has 19 heavy (non-hydrogen) atoms. The molecule has 1 aromatic heterocycles. The Morgan fingerprint density at radius 3 is 2.53 bits per heavy atom. The number of thiophene rings is 1. The van der Waals surface area contributed by atoms with Crippen LogP contribution < -0.4 is 10.1 Å². The average molecular weight is 275 g/mol. The van der Waals surface area contributed by atoms with Crippen molar-refractivity contribution in [2.24, 2.45) is 0 Å². The molecule has 0 fully saturated rings. The number of rotatable bonds is 8. The lowest BCUT2D eigenvalue weighted by Gasteiger charge is -2.07. The topological polar surface area (TPSA) is 21.3 Å². The molecule has 1 N–H and O–H groups in total. The van der Waals surface area contributed by atoms with Crippen LogP contribution in [0.25, 0.3) is 0 Å². The van der Waals surface area contributed by atoms with Gasteiger partial charge in [-0.3, -0.25) is 0 Å². The van der Waals surface area contributed by atoms with Gasteiger partial charge in [0.15, 0.2) is 0 Å². The van der Waals surface area contributed by atoms with Crippen molar-refractivity contribution in [3.05, 3.63) is 52.2 Å². The van der Waals surface area contributed by atoms with Gasteiger partial charge in [0.05, 0.1) is 6.61 Å². The van der Waals surface area contributed by atoms with E-state index in [1.807, 2.05) is 0 Å². The van der Waals surface area contributed by atoms with Gasteiger partial charge in [0, 0.05) is 13.1 Å². The normalized spacial score (nSPS) is 10.6. The first kappa shape index (κ1) is 14.1. The molecule has 0 aliphatic heterocycles. The molecule has 1 heterocycles. The summed E-state index contributed by atoms with van der Waals surface area (Å²) in [6.45, 7) is 4.81. The Morgan fingerprint density at radius 1 is 1.05 bits per heavy atom. The summed E-state index contributed by atoms with van der Waals surface area (Å²) in [5.41, 5.74) is 2.64. The number of hydrogen-bond acceptors (Lipinski definition) is 3. The van der Waals surface area contributed by atoms with Crippen molar-refractivity contribution in [2.75, 3.05) is 6.61 Å². The largest absolute Gasteiger partial charge is 0.494 e. The van der Waals surface area contributed by atoms with Gasteiger partial charge in [-0.2, -0.15) is 11.3 Å². The molecule has 3 heteroatoms. The van der Waals surface area contributed by atoms with Crippen LogP contribution in [-0.2, 0) is 13.1 Å². The van der Waals surface area contributed by atoms with Crippen molar-refractivity contribution in [3.8, 4) is 5.75 Å². The smallest absolute Gasteiger partial charge is 0.119 e. The standard InChI is InChI=1S/C16H21NOS/c1-2-3-9-18-16-6-4-14(5-7-16)11-17-12-15-8-10-19-13-15/h4-8,10,13,17H,2-3,9,11-12H2,1H3. The van der Waals surface area contributed by atoms with Gasteiger partial charge in [0.2, 0.25) is 0 Å². The Balaban J connectivity index is 1.72. The van der Waals surface area contributed by atoms with Crippen molar-refractivity contribution in [3.63, 3.8) is 0 Å². The van der Waals surface area contributed by atoms with Crippen LogP contribution in [0.4, 0.5) is 0 Å². The minimum atomic E-state index is 0.812. The molecular formula is C16H21NOS. The summed E-state index contributed by atoms with van der Waals surface area (Å²) in [7, 11) is 0. The van der Waals surface area contributed by atoms with Gasteiger partial charge in [-0.15, -0.1) is 0 Å². The van der Waals surface area contributed by atoms with Gasteiger partial charge in [-0.05, 0) is 46.5 Å². The maximum absolute atomic E-state index is 5.65. The highest BCUT2D eigenvalue weighted by Gasteiger charge is 1.97. The monoisotopic (exact) mass is 275 g/mol. The summed E-state index contributed by atoms with van der Waals surface area (Å²) < 4.78 is 5.65. The molecule has 0 radical (unpaired) electrons. The lowest BCUT2D eigenvalue weighted by atomic mass is 10.2. The highest BCUT2D eigenvalue weighted by atomic mass is 32.1. The highest BCUT2D eigenvalue weighted by Crippen LogP contribution is 2.13. The maximum atomic E-state index is 5.65. The van der Waals surface area contributed by atoms with Crippen LogP contribution in [0.1, 0.15) is 30.9 Å². The molecule has 2 aromatic rings. The predicted octanol–water partition coefficient (Wildman–Crippen LogP) is 4.22. The lowest BCUT2D eigenvalue weighted by Crippen LogP contribution is -2.11. The molecule has 2 nitrogen and oxygen atoms in total.